The van der Waals surface area contributed by atoms with Gasteiger partial charge in [0.2, 0.25) is 0 Å². The van der Waals surface area contributed by atoms with E-state index in [9.17, 15) is 49.4 Å². The summed E-state index contributed by atoms with van der Waals surface area (Å²) in [6.45, 7) is 1.85. The topological polar surface area (TPSA) is 77.8 Å². The summed E-state index contributed by atoms with van der Waals surface area (Å²) in [5.74, 6) is -8.04. The SMILES string of the molecule is O=S(=O)(CCCCC1CCCN1CCCCCCC1=C(c2ccc(F)c(O)c2)CCCc2cc(O)c(F)cc21)CCCC(F)(F)C(F)(F)F. The van der Waals surface area contributed by atoms with Crippen LogP contribution in [0.2, 0.25) is 0 Å². The van der Waals surface area contributed by atoms with E-state index < -0.39 is 57.9 Å². The van der Waals surface area contributed by atoms with Crippen molar-refractivity contribution in [1.82, 2.24) is 4.90 Å². The molecule has 1 aliphatic carbocycles. The van der Waals surface area contributed by atoms with Crippen molar-refractivity contribution < 1.29 is 49.4 Å². The molecule has 1 heterocycles. The predicted molar refractivity (Wildman–Crippen MR) is 176 cm³/mol. The summed E-state index contributed by atoms with van der Waals surface area (Å²) in [5.41, 5.74) is 4.17. The van der Waals surface area contributed by atoms with Gasteiger partial charge in [-0.2, -0.15) is 22.0 Å². The van der Waals surface area contributed by atoms with Crippen LogP contribution in [0.1, 0.15) is 107 Å². The van der Waals surface area contributed by atoms with Gasteiger partial charge in [-0.05, 0) is 136 Å². The Balaban J connectivity index is 1.23. The first kappa shape index (κ1) is 39.0. The van der Waals surface area contributed by atoms with Gasteiger partial charge < -0.3 is 15.1 Å². The third-order valence-corrected chi connectivity index (χ3v) is 11.6. The number of likely N-dealkylation sites (tertiary alicyclic amines) is 1. The Kier molecular flexibility index (Phi) is 13.5. The highest BCUT2D eigenvalue weighted by atomic mass is 32.2. The van der Waals surface area contributed by atoms with Crippen LogP contribution in [0.25, 0.3) is 11.1 Å². The van der Waals surface area contributed by atoms with Gasteiger partial charge in [0.05, 0.1) is 11.5 Å². The molecule has 1 fully saturated rings. The second-order valence-corrected chi connectivity index (χ2v) is 15.7. The summed E-state index contributed by atoms with van der Waals surface area (Å²) < 4.78 is 116. The number of nitrogens with zero attached hydrogens (tertiary/aromatic N) is 1. The largest absolute Gasteiger partial charge is 0.505 e. The molecule has 13 heteroatoms. The first-order chi connectivity index (χ1) is 23.1. The summed E-state index contributed by atoms with van der Waals surface area (Å²) in [5, 5.41) is 20.0. The monoisotopic (exact) mass is 721 g/mol. The van der Waals surface area contributed by atoms with E-state index >= 15 is 0 Å². The average molecular weight is 722 g/mol. The van der Waals surface area contributed by atoms with Crippen molar-refractivity contribution in [2.75, 3.05) is 24.6 Å². The molecule has 5 nitrogen and oxygen atoms in total. The number of hydrogen-bond acceptors (Lipinski definition) is 5. The molecule has 1 unspecified atom stereocenters. The van der Waals surface area contributed by atoms with E-state index in [0.29, 0.717) is 43.7 Å². The van der Waals surface area contributed by atoms with Crippen LogP contribution in [0.3, 0.4) is 0 Å². The van der Waals surface area contributed by atoms with Gasteiger partial charge in [-0.3, -0.25) is 0 Å². The minimum absolute atomic E-state index is 0.226. The van der Waals surface area contributed by atoms with Crippen molar-refractivity contribution in [3.05, 3.63) is 58.7 Å². The quantitative estimate of drug-likeness (QED) is 0.126. The molecule has 0 bridgehead atoms. The van der Waals surface area contributed by atoms with Crippen molar-refractivity contribution in [2.24, 2.45) is 0 Å². The highest BCUT2D eigenvalue weighted by Crippen LogP contribution is 2.42. The number of rotatable bonds is 17. The zero-order chi connectivity index (χ0) is 35.8. The molecule has 0 saturated carbocycles. The number of aromatic hydroxyl groups is 2. The van der Waals surface area contributed by atoms with E-state index in [1.807, 2.05) is 0 Å². The van der Waals surface area contributed by atoms with Gasteiger partial charge in [-0.25, -0.2) is 17.2 Å². The number of fused-ring (bicyclic) bond motifs is 1. The Morgan fingerprint density at radius 2 is 1.51 bits per heavy atom. The lowest BCUT2D eigenvalue weighted by Gasteiger charge is -2.24. The zero-order valence-corrected chi connectivity index (χ0v) is 28.4. The van der Waals surface area contributed by atoms with Crippen LogP contribution in [0, 0.1) is 11.6 Å². The molecule has 2 aromatic carbocycles. The lowest BCUT2D eigenvalue weighted by atomic mass is 9.88. The average Bonchev–Trinajstić information content (AvgIpc) is 3.39. The fourth-order valence-electron chi connectivity index (χ4n) is 7.11. The van der Waals surface area contributed by atoms with Gasteiger partial charge >= 0.3 is 12.1 Å². The third-order valence-electron chi connectivity index (χ3n) is 9.75. The van der Waals surface area contributed by atoms with E-state index in [2.05, 4.69) is 4.90 Å². The summed E-state index contributed by atoms with van der Waals surface area (Å²) in [7, 11) is -3.71. The van der Waals surface area contributed by atoms with Crippen LogP contribution in [0.4, 0.5) is 30.7 Å². The van der Waals surface area contributed by atoms with Gasteiger partial charge in [-0.1, -0.05) is 25.3 Å². The molecule has 2 aromatic rings. The number of phenolic OH excluding ortho intramolecular Hbond substituents is 2. The molecule has 1 atom stereocenters. The van der Waals surface area contributed by atoms with Gasteiger partial charge in [0, 0.05) is 12.5 Å². The smallest absolute Gasteiger partial charge is 0.453 e. The van der Waals surface area contributed by atoms with Crippen molar-refractivity contribution in [1.29, 1.82) is 0 Å². The van der Waals surface area contributed by atoms with Crippen molar-refractivity contribution in [3.8, 4) is 11.5 Å². The van der Waals surface area contributed by atoms with E-state index in [1.54, 1.807) is 6.07 Å². The standard InChI is InChI=1S/C36H46F7NO4S/c37-31-16-15-26(23-33(31)45)28-14-7-10-25-22-34(46)32(38)24-30(25)29(28)13-3-1-2-5-18-44-19-8-12-27(44)11-4-6-20-49(47,48)21-9-17-35(39,40)36(41,42)43/h15-16,22-24,27,45-46H,1-14,17-21H2. The molecule has 0 spiro atoms. The van der Waals surface area contributed by atoms with Crippen molar-refractivity contribution in [2.45, 2.75) is 114 Å². The van der Waals surface area contributed by atoms with Gasteiger partial charge in [0.25, 0.3) is 0 Å². The molecule has 1 aliphatic heterocycles. The van der Waals surface area contributed by atoms with Crippen LogP contribution < -0.4 is 0 Å². The number of hydrogen-bond donors (Lipinski definition) is 2. The Hall–Kier alpha value is -2.80. The zero-order valence-electron chi connectivity index (χ0n) is 27.6. The Morgan fingerprint density at radius 3 is 2.24 bits per heavy atom. The highest BCUT2D eigenvalue weighted by Gasteiger charge is 2.56. The van der Waals surface area contributed by atoms with Gasteiger partial charge in [0.15, 0.2) is 23.1 Å². The molecular weight excluding hydrogens is 675 g/mol. The number of benzene rings is 2. The van der Waals surface area contributed by atoms with Gasteiger partial charge in [0.1, 0.15) is 9.84 Å². The van der Waals surface area contributed by atoms with Crippen LogP contribution in [0.5, 0.6) is 11.5 Å². The highest BCUT2D eigenvalue weighted by molar-refractivity contribution is 7.91. The molecule has 0 aromatic heterocycles. The fourth-order valence-corrected chi connectivity index (χ4v) is 8.55. The lowest BCUT2D eigenvalue weighted by Crippen LogP contribution is -2.36. The maximum absolute atomic E-state index is 14.5. The second kappa shape index (κ2) is 16.9. The Labute approximate surface area is 284 Å². The molecule has 49 heavy (non-hydrogen) atoms. The first-order valence-corrected chi connectivity index (χ1v) is 19.0. The van der Waals surface area contributed by atoms with E-state index in [0.717, 1.165) is 86.7 Å². The first-order valence-electron chi connectivity index (χ1n) is 17.2. The Bertz CT molecular complexity index is 1560. The molecule has 4 rings (SSSR count). The molecule has 1 saturated heterocycles. The van der Waals surface area contributed by atoms with E-state index in [-0.39, 0.29) is 11.5 Å². The van der Waals surface area contributed by atoms with Crippen molar-refractivity contribution >= 4 is 21.0 Å². The summed E-state index contributed by atoms with van der Waals surface area (Å²) in [6.07, 6.45) is 2.27. The molecule has 0 radical (unpaired) electrons. The number of unbranched alkanes of at least 4 members (excludes halogenated alkanes) is 4. The normalized spacial score (nSPS) is 17.8. The molecule has 2 aliphatic rings. The minimum atomic E-state index is -5.68. The van der Waals surface area contributed by atoms with Crippen molar-refractivity contribution in [3.63, 3.8) is 0 Å². The lowest BCUT2D eigenvalue weighted by molar-refractivity contribution is -0.284. The molecule has 2 N–H and O–H groups in total. The summed E-state index contributed by atoms with van der Waals surface area (Å²) >= 11 is 0. The van der Waals surface area contributed by atoms with Crippen LogP contribution in [0.15, 0.2) is 30.3 Å². The predicted octanol–water partition coefficient (Wildman–Crippen LogP) is 9.60. The molecule has 274 valence electrons. The number of halogens is 7. The maximum atomic E-state index is 14.5. The number of alkyl halides is 5. The Morgan fingerprint density at radius 1 is 0.796 bits per heavy atom. The third kappa shape index (κ3) is 10.8. The number of phenols is 2. The van der Waals surface area contributed by atoms with Crippen LogP contribution in [-0.4, -0.2) is 66.3 Å². The van der Waals surface area contributed by atoms with E-state index in [4.69, 9.17) is 0 Å². The summed E-state index contributed by atoms with van der Waals surface area (Å²) in [4.78, 5) is 2.41. The number of allylic oxidation sites excluding steroid dienone is 2. The van der Waals surface area contributed by atoms with E-state index in [1.165, 1.54) is 24.3 Å². The van der Waals surface area contributed by atoms with Crippen LogP contribution in [-0.2, 0) is 16.3 Å². The van der Waals surface area contributed by atoms with Crippen LogP contribution >= 0.6 is 0 Å². The molecule has 0 amide bonds. The number of aryl methyl sites for hydroxylation is 1. The second-order valence-electron chi connectivity index (χ2n) is 13.4. The fraction of sp³-hybridized carbons (Fsp3) is 0.611. The summed E-state index contributed by atoms with van der Waals surface area (Å²) in [6, 6.07) is 7.44. The molecular formula is C36H46F7NO4S. The number of sulfone groups is 1. The van der Waals surface area contributed by atoms with Gasteiger partial charge in [-0.15, -0.1) is 0 Å². The minimum Gasteiger partial charge on any atom is -0.505 e. The maximum Gasteiger partial charge on any atom is 0.453 e.